The molecule has 0 aliphatic carbocycles. The molecule has 1 saturated heterocycles. The van der Waals surface area contributed by atoms with Gasteiger partial charge in [-0.15, -0.1) is 0 Å². The summed E-state index contributed by atoms with van der Waals surface area (Å²) in [5, 5.41) is 4.52. The third kappa shape index (κ3) is 5.45. The van der Waals surface area contributed by atoms with Gasteiger partial charge in [0.2, 0.25) is 0 Å². The minimum atomic E-state index is 0.678. The van der Waals surface area contributed by atoms with Crippen molar-refractivity contribution >= 4 is 23.2 Å². The quantitative estimate of drug-likeness (QED) is 0.744. The van der Waals surface area contributed by atoms with Gasteiger partial charge in [-0.05, 0) is 18.2 Å². The molecule has 1 aromatic rings. The summed E-state index contributed by atoms with van der Waals surface area (Å²) in [5.41, 5.74) is 0. The van der Waals surface area contributed by atoms with Crippen LogP contribution in [0.3, 0.4) is 0 Å². The molecular formula is C10H13Cl2NO. The van der Waals surface area contributed by atoms with E-state index in [1.54, 1.807) is 18.2 Å². The van der Waals surface area contributed by atoms with Gasteiger partial charge < -0.3 is 10.1 Å². The lowest BCUT2D eigenvalue weighted by Crippen LogP contribution is -2.30. The average molecular weight is 234 g/mol. The van der Waals surface area contributed by atoms with Gasteiger partial charge in [0.15, 0.2) is 0 Å². The lowest BCUT2D eigenvalue weighted by atomic mass is 10.4. The van der Waals surface area contributed by atoms with Gasteiger partial charge in [0.1, 0.15) is 0 Å². The molecule has 1 N–H and O–H groups in total. The van der Waals surface area contributed by atoms with Crippen LogP contribution in [0.1, 0.15) is 0 Å². The highest BCUT2D eigenvalue weighted by molar-refractivity contribution is 6.34. The third-order valence-corrected chi connectivity index (χ3v) is 2.10. The van der Waals surface area contributed by atoms with Crippen LogP contribution in [0.15, 0.2) is 24.3 Å². The molecule has 0 saturated carbocycles. The van der Waals surface area contributed by atoms with E-state index in [1.165, 1.54) is 0 Å². The molecule has 2 rings (SSSR count). The summed E-state index contributed by atoms with van der Waals surface area (Å²) in [6.07, 6.45) is 0. The Morgan fingerprint density at radius 3 is 1.86 bits per heavy atom. The van der Waals surface area contributed by atoms with Crippen molar-refractivity contribution in [1.29, 1.82) is 0 Å². The minimum Gasteiger partial charge on any atom is -0.379 e. The molecule has 4 heteroatoms. The van der Waals surface area contributed by atoms with E-state index in [1.807, 2.05) is 6.07 Å². The molecule has 0 amide bonds. The molecule has 1 fully saturated rings. The molecule has 0 atom stereocenters. The lowest BCUT2D eigenvalue weighted by molar-refractivity contribution is 0.109. The van der Waals surface area contributed by atoms with Crippen LogP contribution >= 0.6 is 23.2 Å². The number of rotatable bonds is 0. The second-order valence-electron chi connectivity index (χ2n) is 2.80. The molecule has 14 heavy (non-hydrogen) atoms. The van der Waals surface area contributed by atoms with Crippen molar-refractivity contribution in [1.82, 2.24) is 5.32 Å². The van der Waals surface area contributed by atoms with Crippen molar-refractivity contribution < 1.29 is 4.74 Å². The normalized spacial score (nSPS) is 15.6. The van der Waals surface area contributed by atoms with Crippen LogP contribution in [-0.4, -0.2) is 26.3 Å². The maximum absolute atomic E-state index is 5.56. The minimum absolute atomic E-state index is 0.678. The largest absolute Gasteiger partial charge is 0.379 e. The first-order chi connectivity index (χ1) is 6.79. The summed E-state index contributed by atoms with van der Waals surface area (Å²) in [6.45, 7) is 3.83. The molecule has 0 radical (unpaired) electrons. The van der Waals surface area contributed by atoms with Crippen molar-refractivity contribution in [3.8, 4) is 0 Å². The molecule has 78 valence electrons. The monoisotopic (exact) mass is 233 g/mol. The molecule has 2 nitrogen and oxygen atoms in total. The van der Waals surface area contributed by atoms with Crippen LogP contribution in [0.4, 0.5) is 0 Å². The predicted octanol–water partition coefficient (Wildman–Crippen LogP) is 2.60. The van der Waals surface area contributed by atoms with Crippen LogP contribution in [0, 0.1) is 0 Å². The zero-order chi connectivity index (χ0) is 10.2. The molecule has 1 aliphatic heterocycles. The first kappa shape index (κ1) is 11.8. The number of hydrogen-bond donors (Lipinski definition) is 1. The van der Waals surface area contributed by atoms with Gasteiger partial charge in [0.25, 0.3) is 0 Å². The van der Waals surface area contributed by atoms with Gasteiger partial charge in [0.05, 0.1) is 13.2 Å². The van der Waals surface area contributed by atoms with Gasteiger partial charge in [-0.3, -0.25) is 0 Å². The zero-order valence-corrected chi connectivity index (χ0v) is 9.31. The predicted molar refractivity (Wildman–Crippen MR) is 60.2 cm³/mol. The van der Waals surface area contributed by atoms with Crippen LogP contribution in [0.2, 0.25) is 10.0 Å². The van der Waals surface area contributed by atoms with Crippen molar-refractivity contribution in [2.24, 2.45) is 0 Å². The van der Waals surface area contributed by atoms with E-state index in [-0.39, 0.29) is 0 Å². The zero-order valence-electron chi connectivity index (χ0n) is 7.80. The van der Waals surface area contributed by atoms with Gasteiger partial charge in [0, 0.05) is 23.1 Å². The second-order valence-corrected chi connectivity index (χ2v) is 3.68. The molecule has 0 aromatic heterocycles. The Hall–Kier alpha value is -0.280. The number of benzene rings is 1. The summed E-state index contributed by atoms with van der Waals surface area (Å²) in [4.78, 5) is 0. The molecular weight excluding hydrogens is 221 g/mol. The topological polar surface area (TPSA) is 21.3 Å². The fourth-order valence-electron chi connectivity index (χ4n) is 0.976. The molecule has 0 spiro atoms. The average Bonchev–Trinajstić information content (AvgIpc) is 2.21. The molecule has 1 aliphatic rings. The maximum Gasteiger partial charge on any atom is 0.0591 e. The summed E-state index contributed by atoms with van der Waals surface area (Å²) in [7, 11) is 0. The van der Waals surface area contributed by atoms with E-state index in [0.717, 1.165) is 26.3 Å². The first-order valence-corrected chi connectivity index (χ1v) is 5.24. The van der Waals surface area contributed by atoms with Crippen LogP contribution in [-0.2, 0) is 4.74 Å². The van der Waals surface area contributed by atoms with Crippen molar-refractivity contribution in [3.63, 3.8) is 0 Å². The molecule has 0 bridgehead atoms. The highest BCUT2D eigenvalue weighted by Gasteiger charge is 1.92. The first-order valence-electron chi connectivity index (χ1n) is 4.48. The van der Waals surface area contributed by atoms with Gasteiger partial charge >= 0.3 is 0 Å². The standard InChI is InChI=1S/C6H4Cl2.C4H9NO/c7-5-2-1-3-6(8)4-5;1-3-6-4-2-5-1/h1-4H;5H,1-4H2. The lowest BCUT2D eigenvalue weighted by Gasteiger charge is -2.10. The highest BCUT2D eigenvalue weighted by atomic mass is 35.5. The van der Waals surface area contributed by atoms with E-state index in [2.05, 4.69) is 5.32 Å². The Morgan fingerprint density at radius 1 is 1.07 bits per heavy atom. The Kier molecular flexibility index (Phi) is 5.96. The SMILES string of the molecule is C1COCCN1.Clc1cccc(Cl)c1. The maximum atomic E-state index is 5.56. The summed E-state index contributed by atoms with van der Waals surface area (Å²) < 4.78 is 5.01. The van der Waals surface area contributed by atoms with E-state index in [9.17, 15) is 0 Å². The summed E-state index contributed by atoms with van der Waals surface area (Å²) >= 11 is 11.1. The van der Waals surface area contributed by atoms with Gasteiger partial charge in [-0.1, -0.05) is 29.3 Å². The number of morpholine rings is 1. The Morgan fingerprint density at radius 2 is 1.64 bits per heavy atom. The molecule has 0 unspecified atom stereocenters. The summed E-state index contributed by atoms with van der Waals surface area (Å²) in [5.74, 6) is 0. The summed E-state index contributed by atoms with van der Waals surface area (Å²) in [6, 6.07) is 7.08. The Balaban J connectivity index is 0.000000146. The van der Waals surface area contributed by atoms with E-state index < -0.39 is 0 Å². The third-order valence-electron chi connectivity index (χ3n) is 1.63. The van der Waals surface area contributed by atoms with Gasteiger partial charge in [-0.2, -0.15) is 0 Å². The Bertz CT molecular complexity index is 235. The highest BCUT2D eigenvalue weighted by Crippen LogP contribution is 2.13. The van der Waals surface area contributed by atoms with E-state index >= 15 is 0 Å². The van der Waals surface area contributed by atoms with E-state index in [0.29, 0.717) is 10.0 Å². The van der Waals surface area contributed by atoms with Crippen molar-refractivity contribution in [2.45, 2.75) is 0 Å². The number of ether oxygens (including phenoxy) is 1. The van der Waals surface area contributed by atoms with Gasteiger partial charge in [-0.25, -0.2) is 0 Å². The van der Waals surface area contributed by atoms with E-state index in [4.69, 9.17) is 27.9 Å². The van der Waals surface area contributed by atoms with Crippen LogP contribution in [0.25, 0.3) is 0 Å². The van der Waals surface area contributed by atoms with Crippen LogP contribution < -0.4 is 5.32 Å². The number of hydrogen-bond acceptors (Lipinski definition) is 2. The van der Waals surface area contributed by atoms with Crippen molar-refractivity contribution in [3.05, 3.63) is 34.3 Å². The second kappa shape index (κ2) is 7.07. The number of nitrogens with one attached hydrogen (secondary N) is 1. The smallest absolute Gasteiger partial charge is 0.0591 e. The molecule has 1 aromatic carbocycles. The fourth-order valence-corrected chi connectivity index (χ4v) is 1.41. The molecule has 1 heterocycles. The Labute approximate surface area is 94.2 Å². The van der Waals surface area contributed by atoms with Crippen LogP contribution in [0.5, 0.6) is 0 Å². The number of halogens is 2. The fraction of sp³-hybridized carbons (Fsp3) is 0.400. The van der Waals surface area contributed by atoms with Crippen molar-refractivity contribution in [2.75, 3.05) is 26.3 Å².